The summed E-state index contributed by atoms with van der Waals surface area (Å²) < 4.78 is 0.939. The van der Waals surface area contributed by atoms with Crippen molar-refractivity contribution in [3.63, 3.8) is 0 Å². The van der Waals surface area contributed by atoms with E-state index in [1.54, 1.807) is 0 Å². The number of hydrogen-bond acceptors (Lipinski definition) is 4. The van der Waals surface area contributed by atoms with Crippen LogP contribution in [0.3, 0.4) is 0 Å². The van der Waals surface area contributed by atoms with Crippen molar-refractivity contribution in [2.24, 2.45) is 0 Å². The van der Waals surface area contributed by atoms with Crippen LogP contribution in [0.5, 0.6) is 0 Å². The minimum Gasteiger partial charge on any atom is -0.480 e. The highest BCUT2D eigenvalue weighted by molar-refractivity contribution is 9.10. The lowest BCUT2D eigenvalue weighted by Gasteiger charge is -2.22. The van der Waals surface area contributed by atoms with Crippen LogP contribution in [-0.4, -0.2) is 56.7 Å². The van der Waals surface area contributed by atoms with Crippen LogP contribution in [0.15, 0.2) is 46.9 Å². The monoisotopic (exact) mass is 530 g/mol. The number of aliphatic hydroxyl groups excluding tert-OH is 1. The van der Waals surface area contributed by atoms with Gasteiger partial charge in [-0.05, 0) is 55.8 Å². The van der Waals surface area contributed by atoms with E-state index in [2.05, 4.69) is 31.2 Å². The minimum atomic E-state index is -0.934. The van der Waals surface area contributed by atoms with Crippen LogP contribution in [0.4, 0.5) is 0 Å². The molecule has 33 heavy (non-hydrogen) atoms. The second kappa shape index (κ2) is 9.12. The fourth-order valence-electron chi connectivity index (χ4n) is 4.75. The summed E-state index contributed by atoms with van der Waals surface area (Å²) in [4.78, 5) is 20.3. The standard InChI is InChI=1S/C24H24BrClN4O3/c25-14-3-5-16-18(12-14)29-22(19-11-13-10-15(26)4-6-17(13)28-19)21(16)23(31)27-7-9-30-8-1-2-20(30)24(32)33/h3-6,10-12,20,23,27-29,31H,1-2,7-9H2,(H,32,33)/t20-,23?/m0/s1. The Kier molecular flexibility index (Phi) is 6.20. The summed E-state index contributed by atoms with van der Waals surface area (Å²) in [6, 6.07) is 13.1. The zero-order valence-corrected chi connectivity index (χ0v) is 20.1. The Bertz CT molecular complexity index is 1330. The average Bonchev–Trinajstić information content (AvgIpc) is 3.49. The zero-order valence-electron chi connectivity index (χ0n) is 17.7. The number of aromatic nitrogens is 2. The fraction of sp³-hybridized carbons (Fsp3) is 0.292. The molecule has 1 aliphatic rings. The van der Waals surface area contributed by atoms with Gasteiger partial charge in [0.15, 0.2) is 0 Å². The van der Waals surface area contributed by atoms with E-state index >= 15 is 0 Å². The van der Waals surface area contributed by atoms with E-state index in [-0.39, 0.29) is 0 Å². The Morgan fingerprint density at radius 1 is 1.21 bits per heavy atom. The number of H-pyrrole nitrogens is 2. The molecular formula is C24H24BrClN4O3. The van der Waals surface area contributed by atoms with Crippen LogP contribution in [0, 0.1) is 0 Å². The van der Waals surface area contributed by atoms with Crippen molar-refractivity contribution in [3.8, 4) is 11.4 Å². The molecule has 0 spiro atoms. The third kappa shape index (κ3) is 4.41. The first-order valence-corrected chi connectivity index (χ1v) is 12.1. The van der Waals surface area contributed by atoms with E-state index in [1.807, 2.05) is 47.4 Å². The molecule has 0 bridgehead atoms. The smallest absolute Gasteiger partial charge is 0.320 e. The van der Waals surface area contributed by atoms with Crippen LogP contribution in [-0.2, 0) is 4.79 Å². The van der Waals surface area contributed by atoms with Gasteiger partial charge in [-0.2, -0.15) is 0 Å². The fourth-order valence-corrected chi connectivity index (χ4v) is 5.29. The third-order valence-electron chi connectivity index (χ3n) is 6.31. The SMILES string of the molecule is O=C(O)[C@@H]1CCCN1CCNC(O)c1c(-c2cc3cc(Cl)ccc3[nH]2)[nH]c2cc(Br)ccc12. The number of carboxylic acid groups (broad SMARTS) is 1. The van der Waals surface area contributed by atoms with Crippen LogP contribution in [0.2, 0.25) is 5.02 Å². The predicted molar refractivity (Wildman–Crippen MR) is 133 cm³/mol. The van der Waals surface area contributed by atoms with Crippen LogP contribution in [0.1, 0.15) is 24.6 Å². The topological polar surface area (TPSA) is 104 Å². The number of benzene rings is 2. The molecule has 1 fully saturated rings. The van der Waals surface area contributed by atoms with Gasteiger partial charge in [0.2, 0.25) is 0 Å². The number of halogens is 2. The number of aliphatic hydroxyl groups is 1. The quantitative estimate of drug-likeness (QED) is 0.219. The number of likely N-dealkylation sites (tertiary alicyclic amines) is 1. The van der Waals surface area contributed by atoms with E-state index in [0.717, 1.165) is 56.2 Å². The van der Waals surface area contributed by atoms with Crippen molar-refractivity contribution in [2.75, 3.05) is 19.6 Å². The molecule has 2 aromatic carbocycles. The summed E-state index contributed by atoms with van der Waals surface area (Å²) >= 11 is 9.68. The van der Waals surface area contributed by atoms with Gasteiger partial charge in [-0.15, -0.1) is 0 Å². The Hall–Kier alpha value is -2.36. The Balaban J connectivity index is 1.45. The van der Waals surface area contributed by atoms with Crippen molar-refractivity contribution >= 4 is 55.3 Å². The van der Waals surface area contributed by atoms with E-state index in [9.17, 15) is 15.0 Å². The molecule has 2 atom stereocenters. The normalized spacial score (nSPS) is 17.8. The lowest BCUT2D eigenvalue weighted by atomic mass is 10.1. The summed E-state index contributed by atoms with van der Waals surface area (Å²) in [5.74, 6) is -0.781. The first-order valence-electron chi connectivity index (χ1n) is 10.9. The first-order chi connectivity index (χ1) is 15.9. The lowest BCUT2D eigenvalue weighted by molar-refractivity contribution is -0.142. The molecule has 7 nitrogen and oxygen atoms in total. The van der Waals surface area contributed by atoms with Gasteiger partial charge in [0.25, 0.3) is 0 Å². The molecule has 1 aliphatic heterocycles. The summed E-state index contributed by atoms with van der Waals surface area (Å²) in [7, 11) is 0. The zero-order chi connectivity index (χ0) is 23.1. The molecule has 1 unspecified atom stereocenters. The molecule has 172 valence electrons. The molecule has 2 aromatic heterocycles. The van der Waals surface area contributed by atoms with E-state index in [4.69, 9.17) is 11.6 Å². The summed E-state index contributed by atoms with van der Waals surface area (Å²) in [6.07, 6.45) is 0.616. The highest BCUT2D eigenvalue weighted by Crippen LogP contribution is 2.36. The highest BCUT2D eigenvalue weighted by atomic mass is 79.9. The third-order valence-corrected chi connectivity index (χ3v) is 7.04. The molecule has 0 amide bonds. The maximum absolute atomic E-state index is 11.4. The average molecular weight is 532 g/mol. The molecule has 3 heterocycles. The largest absolute Gasteiger partial charge is 0.480 e. The molecule has 1 saturated heterocycles. The predicted octanol–water partition coefficient (Wildman–Crippen LogP) is 4.86. The number of rotatable bonds is 7. The number of aliphatic carboxylic acids is 1. The van der Waals surface area contributed by atoms with Gasteiger partial charge in [0.05, 0.1) is 11.4 Å². The first kappa shape index (κ1) is 22.4. The van der Waals surface area contributed by atoms with Gasteiger partial charge >= 0.3 is 5.97 Å². The minimum absolute atomic E-state index is 0.442. The van der Waals surface area contributed by atoms with Gasteiger partial charge in [-0.3, -0.25) is 15.0 Å². The number of carboxylic acids is 1. The summed E-state index contributed by atoms with van der Waals surface area (Å²) in [5.41, 5.74) is 4.24. The lowest BCUT2D eigenvalue weighted by Crippen LogP contribution is -2.40. The molecule has 5 rings (SSSR count). The molecule has 0 radical (unpaired) electrons. The van der Waals surface area contributed by atoms with Gasteiger partial charge in [0, 0.05) is 50.0 Å². The number of carbonyl (C=O) groups is 1. The van der Waals surface area contributed by atoms with Gasteiger partial charge in [-0.1, -0.05) is 33.6 Å². The summed E-state index contributed by atoms with van der Waals surface area (Å²) in [6.45, 7) is 1.79. The van der Waals surface area contributed by atoms with Crippen molar-refractivity contribution in [1.29, 1.82) is 0 Å². The van der Waals surface area contributed by atoms with Crippen molar-refractivity contribution < 1.29 is 15.0 Å². The molecule has 0 saturated carbocycles. The number of nitrogens with zero attached hydrogens (tertiary/aromatic N) is 1. The molecule has 5 N–H and O–H groups in total. The molecule has 0 aliphatic carbocycles. The maximum Gasteiger partial charge on any atom is 0.320 e. The van der Waals surface area contributed by atoms with Gasteiger partial charge in [0.1, 0.15) is 12.3 Å². The Morgan fingerprint density at radius 2 is 2.06 bits per heavy atom. The number of nitrogens with one attached hydrogen (secondary N) is 3. The number of hydrogen-bond donors (Lipinski definition) is 5. The Labute approximate surface area is 203 Å². The van der Waals surface area contributed by atoms with E-state index < -0.39 is 18.2 Å². The molecular weight excluding hydrogens is 508 g/mol. The molecule has 9 heteroatoms. The Morgan fingerprint density at radius 3 is 2.88 bits per heavy atom. The van der Waals surface area contributed by atoms with Crippen LogP contribution >= 0.6 is 27.5 Å². The number of aromatic amines is 2. The van der Waals surface area contributed by atoms with Crippen LogP contribution in [0.25, 0.3) is 33.2 Å². The number of fused-ring (bicyclic) bond motifs is 2. The molecule has 4 aromatic rings. The van der Waals surface area contributed by atoms with Crippen molar-refractivity contribution in [1.82, 2.24) is 20.2 Å². The maximum atomic E-state index is 11.4. The highest BCUT2D eigenvalue weighted by Gasteiger charge is 2.30. The van der Waals surface area contributed by atoms with E-state index in [1.165, 1.54) is 0 Å². The second-order valence-electron chi connectivity index (χ2n) is 8.41. The van der Waals surface area contributed by atoms with Crippen molar-refractivity contribution in [3.05, 3.63) is 57.5 Å². The van der Waals surface area contributed by atoms with Gasteiger partial charge < -0.3 is 20.2 Å². The van der Waals surface area contributed by atoms with Crippen LogP contribution < -0.4 is 5.32 Å². The summed E-state index contributed by atoms with van der Waals surface area (Å²) in [5, 5.41) is 26.3. The van der Waals surface area contributed by atoms with Crippen molar-refractivity contribution in [2.45, 2.75) is 25.1 Å². The second-order valence-corrected chi connectivity index (χ2v) is 9.76. The van der Waals surface area contributed by atoms with E-state index in [0.29, 0.717) is 24.5 Å². The van der Waals surface area contributed by atoms with Gasteiger partial charge in [-0.25, -0.2) is 0 Å².